The first kappa shape index (κ1) is 23.6. The molecule has 2 aromatic carbocycles. The molecule has 2 aromatic rings. The molecule has 2 heterocycles. The summed E-state index contributed by atoms with van der Waals surface area (Å²) in [5.74, 6) is -2.57. The molecule has 0 unspecified atom stereocenters. The van der Waals surface area contributed by atoms with E-state index >= 15 is 0 Å². The number of benzene rings is 2. The lowest BCUT2D eigenvalue weighted by molar-refractivity contribution is -0.139. The monoisotopic (exact) mass is 488 g/mol. The maximum atomic E-state index is 14.4. The maximum absolute atomic E-state index is 14.4. The van der Waals surface area contributed by atoms with Gasteiger partial charge in [0.05, 0.1) is 16.1 Å². The number of anilines is 1. The summed E-state index contributed by atoms with van der Waals surface area (Å²) in [5, 5.41) is 0. The Hall–Kier alpha value is -2.53. The van der Waals surface area contributed by atoms with Crippen molar-refractivity contribution in [2.45, 2.75) is 36.8 Å². The Kier molecular flexibility index (Phi) is 6.21. The minimum atomic E-state index is -4.83. The molecule has 0 saturated carbocycles. The van der Waals surface area contributed by atoms with E-state index in [2.05, 4.69) is 0 Å². The van der Waals surface area contributed by atoms with Crippen molar-refractivity contribution in [2.24, 2.45) is 5.92 Å². The van der Waals surface area contributed by atoms with Gasteiger partial charge in [-0.3, -0.25) is 4.79 Å². The number of sulfonamides is 1. The summed E-state index contributed by atoms with van der Waals surface area (Å²) < 4.78 is 94.7. The quantitative estimate of drug-likeness (QED) is 0.604. The van der Waals surface area contributed by atoms with Crippen LogP contribution in [0, 0.1) is 17.6 Å². The van der Waals surface area contributed by atoms with E-state index in [-0.39, 0.29) is 38.2 Å². The van der Waals surface area contributed by atoms with Crippen LogP contribution in [0.15, 0.2) is 41.3 Å². The fourth-order valence-corrected chi connectivity index (χ4v) is 6.18. The molecule has 0 bridgehead atoms. The smallest absolute Gasteiger partial charge is 0.309 e. The molecule has 5 nitrogen and oxygen atoms in total. The molecule has 178 valence electrons. The van der Waals surface area contributed by atoms with Crippen molar-refractivity contribution in [3.8, 4) is 0 Å². The van der Waals surface area contributed by atoms with Gasteiger partial charge in [0, 0.05) is 31.6 Å². The minimum Gasteiger partial charge on any atom is -0.309 e. The summed E-state index contributed by atoms with van der Waals surface area (Å²) in [6.45, 7) is -0.0269. The number of carbonyl (C=O) groups excluding carboxylic acids is 1. The second-order valence-corrected chi connectivity index (χ2v) is 10.1. The fraction of sp³-hybridized carbons (Fsp3) is 0.409. The summed E-state index contributed by atoms with van der Waals surface area (Å²) in [4.78, 5) is 13.6. The first-order valence-corrected chi connectivity index (χ1v) is 11.9. The highest BCUT2D eigenvalue weighted by Gasteiger charge is 2.41. The van der Waals surface area contributed by atoms with Crippen molar-refractivity contribution in [1.29, 1.82) is 0 Å². The number of carbonyl (C=O) groups is 1. The molecule has 33 heavy (non-hydrogen) atoms. The molecule has 1 amide bonds. The third-order valence-electron chi connectivity index (χ3n) is 6.08. The van der Waals surface area contributed by atoms with Gasteiger partial charge in [-0.2, -0.15) is 17.5 Å². The average molecular weight is 488 g/mol. The highest BCUT2D eigenvalue weighted by Crippen LogP contribution is 2.37. The third kappa shape index (κ3) is 4.48. The Morgan fingerprint density at radius 2 is 1.67 bits per heavy atom. The van der Waals surface area contributed by atoms with Crippen LogP contribution in [0.25, 0.3) is 0 Å². The van der Waals surface area contributed by atoms with Crippen molar-refractivity contribution in [3.63, 3.8) is 0 Å². The van der Waals surface area contributed by atoms with Gasteiger partial charge in [-0.1, -0.05) is 12.1 Å². The van der Waals surface area contributed by atoms with Gasteiger partial charge in [0.25, 0.3) is 0 Å². The minimum absolute atomic E-state index is 0.0433. The molecular weight excluding hydrogens is 467 g/mol. The van der Waals surface area contributed by atoms with Gasteiger partial charge in [0.2, 0.25) is 15.9 Å². The second kappa shape index (κ2) is 8.68. The number of aryl methyl sites for hydroxylation is 1. The molecule has 0 N–H and O–H groups in total. The summed E-state index contributed by atoms with van der Waals surface area (Å²) in [5.41, 5.74) is -0.798. The van der Waals surface area contributed by atoms with E-state index in [0.29, 0.717) is 24.5 Å². The number of nitrogens with zero attached hydrogens (tertiary/aromatic N) is 2. The van der Waals surface area contributed by atoms with Gasteiger partial charge in [-0.05, 0) is 49.4 Å². The summed E-state index contributed by atoms with van der Waals surface area (Å²) >= 11 is 0. The molecule has 0 aromatic heterocycles. The highest BCUT2D eigenvalue weighted by atomic mass is 32.2. The zero-order valence-electron chi connectivity index (χ0n) is 17.4. The van der Waals surface area contributed by atoms with Crippen LogP contribution in [0.2, 0.25) is 0 Å². The van der Waals surface area contributed by atoms with Crippen LogP contribution < -0.4 is 4.90 Å². The van der Waals surface area contributed by atoms with Crippen LogP contribution in [0.5, 0.6) is 0 Å². The second-order valence-electron chi connectivity index (χ2n) is 8.16. The predicted molar refractivity (Wildman–Crippen MR) is 110 cm³/mol. The SMILES string of the molecule is O=C(C1CCN(S(=O)(=O)c2ccccc2C(F)(F)F)CC1)N1CCCc2cc(F)cc(F)c21. The number of alkyl halides is 3. The lowest BCUT2D eigenvalue weighted by Crippen LogP contribution is -2.46. The first-order chi connectivity index (χ1) is 15.5. The molecule has 2 aliphatic heterocycles. The van der Waals surface area contributed by atoms with Gasteiger partial charge in [0.1, 0.15) is 11.6 Å². The Morgan fingerprint density at radius 1 is 1.00 bits per heavy atom. The van der Waals surface area contributed by atoms with Gasteiger partial charge in [-0.15, -0.1) is 0 Å². The van der Waals surface area contributed by atoms with Crippen LogP contribution in [0.4, 0.5) is 27.6 Å². The number of hydrogen-bond acceptors (Lipinski definition) is 3. The molecular formula is C22H21F5N2O3S. The number of halogens is 5. The standard InChI is InChI=1S/C22H21F5N2O3S/c23-16-12-15-4-3-9-29(20(15)18(24)13-16)21(30)14-7-10-28(11-8-14)33(31,32)19-6-2-1-5-17(19)22(25,26)27/h1-2,5-6,12-14H,3-4,7-11H2. The molecule has 2 aliphatic rings. The van der Waals surface area contributed by atoms with Gasteiger partial charge < -0.3 is 4.90 Å². The van der Waals surface area contributed by atoms with Crippen molar-refractivity contribution < 1.29 is 35.2 Å². The number of amides is 1. The van der Waals surface area contributed by atoms with Crippen molar-refractivity contribution in [3.05, 3.63) is 59.2 Å². The third-order valence-corrected chi connectivity index (χ3v) is 8.04. The molecule has 0 aliphatic carbocycles. The molecule has 1 saturated heterocycles. The molecule has 4 rings (SSSR count). The van der Waals surface area contributed by atoms with E-state index in [1.165, 1.54) is 17.0 Å². The molecule has 0 spiro atoms. The van der Waals surface area contributed by atoms with Crippen molar-refractivity contribution in [2.75, 3.05) is 24.5 Å². The Morgan fingerprint density at radius 3 is 2.33 bits per heavy atom. The Bertz CT molecular complexity index is 1180. The molecule has 1 fully saturated rings. The van der Waals surface area contributed by atoms with E-state index in [1.54, 1.807) is 0 Å². The fourth-order valence-electron chi connectivity index (χ4n) is 4.50. The topological polar surface area (TPSA) is 57.7 Å². The number of rotatable bonds is 3. The van der Waals surface area contributed by atoms with E-state index < -0.39 is 50.1 Å². The lowest BCUT2D eigenvalue weighted by atomic mass is 9.93. The molecule has 11 heteroatoms. The largest absolute Gasteiger partial charge is 0.417 e. The van der Waals surface area contributed by atoms with E-state index in [1.807, 2.05) is 0 Å². The van der Waals surface area contributed by atoms with Crippen LogP contribution in [-0.4, -0.2) is 38.3 Å². The van der Waals surface area contributed by atoms with Gasteiger partial charge in [0.15, 0.2) is 0 Å². The predicted octanol–water partition coefficient (Wildman–Crippen LogP) is 4.36. The number of hydrogen-bond donors (Lipinski definition) is 0. The van der Waals surface area contributed by atoms with E-state index in [9.17, 15) is 35.2 Å². The summed E-state index contributed by atoms with van der Waals surface area (Å²) in [7, 11) is -4.42. The Balaban J connectivity index is 1.51. The zero-order chi connectivity index (χ0) is 24.0. The van der Waals surface area contributed by atoms with Crippen molar-refractivity contribution >= 4 is 21.6 Å². The number of fused-ring (bicyclic) bond motifs is 1. The van der Waals surface area contributed by atoms with E-state index in [0.717, 1.165) is 22.5 Å². The maximum Gasteiger partial charge on any atom is 0.417 e. The first-order valence-electron chi connectivity index (χ1n) is 10.5. The van der Waals surface area contributed by atoms with Gasteiger partial charge in [-0.25, -0.2) is 17.2 Å². The van der Waals surface area contributed by atoms with Crippen LogP contribution >= 0.6 is 0 Å². The van der Waals surface area contributed by atoms with E-state index in [4.69, 9.17) is 0 Å². The summed E-state index contributed by atoms with van der Waals surface area (Å²) in [6.07, 6.45) is -3.70. The van der Waals surface area contributed by atoms with Crippen LogP contribution in [-0.2, 0) is 27.4 Å². The van der Waals surface area contributed by atoms with Crippen LogP contribution in [0.1, 0.15) is 30.4 Å². The Labute approximate surface area is 187 Å². The average Bonchev–Trinajstić information content (AvgIpc) is 2.77. The zero-order valence-corrected chi connectivity index (χ0v) is 18.2. The lowest BCUT2D eigenvalue weighted by Gasteiger charge is -2.36. The molecule has 0 atom stereocenters. The summed E-state index contributed by atoms with van der Waals surface area (Å²) in [6, 6.07) is 5.90. The van der Waals surface area contributed by atoms with Gasteiger partial charge >= 0.3 is 6.18 Å². The number of piperidine rings is 1. The van der Waals surface area contributed by atoms with Crippen LogP contribution in [0.3, 0.4) is 0 Å². The molecule has 0 radical (unpaired) electrons. The van der Waals surface area contributed by atoms with Crippen molar-refractivity contribution in [1.82, 2.24) is 4.31 Å². The highest BCUT2D eigenvalue weighted by molar-refractivity contribution is 7.89. The normalized spacial score (nSPS) is 18.3.